The summed E-state index contributed by atoms with van der Waals surface area (Å²) >= 11 is 0. The predicted octanol–water partition coefficient (Wildman–Crippen LogP) is 2.69. The van der Waals surface area contributed by atoms with Gasteiger partial charge in [-0.1, -0.05) is 36.4 Å². The van der Waals surface area contributed by atoms with Crippen molar-refractivity contribution in [2.24, 2.45) is 0 Å². The van der Waals surface area contributed by atoms with Crippen molar-refractivity contribution in [1.82, 2.24) is 5.32 Å². The Balaban J connectivity index is 1.65. The molecule has 1 aromatic heterocycles. The lowest BCUT2D eigenvalue weighted by Gasteiger charge is -2.06. The highest BCUT2D eigenvalue weighted by atomic mass is 16.5. The molecular formula is C20H17NO6. The van der Waals surface area contributed by atoms with E-state index in [9.17, 15) is 14.4 Å². The van der Waals surface area contributed by atoms with E-state index in [1.807, 2.05) is 6.07 Å². The third-order valence-electron chi connectivity index (χ3n) is 3.80. The van der Waals surface area contributed by atoms with Crippen molar-refractivity contribution in [3.05, 3.63) is 71.5 Å². The van der Waals surface area contributed by atoms with Crippen molar-refractivity contribution in [3.63, 3.8) is 0 Å². The average molecular weight is 367 g/mol. The van der Waals surface area contributed by atoms with Crippen LogP contribution in [0.1, 0.15) is 26.5 Å². The summed E-state index contributed by atoms with van der Waals surface area (Å²) in [4.78, 5) is 36.1. The van der Waals surface area contributed by atoms with Crippen LogP contribution in [0.25, 0.3) is 11.0 Å². The zero-order valence-corrected chi connectivity index (χ0v) is 14.6. The molecule has 0 atom stereocenters. The molecule has 3 rings (SSSR count). The summed E-state index contributed by atoms with van der Waals surface area (Å²) in [7, 11) is 1.50. The molecule has 0 bridgehead atoms. The number of rotatable bonds is 6. The summed E-state index contributed by atoms with van der Waals surface area (Å²) in [6, 6.07) is 15.4. The van der Waals surface area contributed by atoms with Gasteiger partial charge in [0.15, 0.2) is 6.61 Å². The van der Waals surface area contributed by atoms with Gasteiger partial charge in [0.05, 0.1) is 6.61 Å². The van der Waals surface area contributed by atoms with Crippen LogP contribution in [0.4, 0.5) is 0 Å². The standard InChI is InChI=1S/C20H17NO6/c1-25-11-15-14-9-5-6-10-16(14)27-18(15)20(24)26-12-17(22)21-19(23)13-7-3-2-4-8-13/h2-10H,11-12H2,1H3,(H,21,22,23). The quantitative estimate of drug-likeness (QED) is 0.673. The van der Waals surface area contributed by atoms with Crippen LogP contribution in [-0.4, -0.2) is 31.5 Å². The maximum Gasteiger partial charge on any atom is 0.375 e. The molecule has 1 N–H and O–H groups in total. The topological polar surface area (TPSA) is 94.8 Å². The summed E-state index contributed by atoms with van der Waals surface area (Å²) in [6.45, 7) is -0.457. The van der Waals surface area contributed by atoms with E-state index < -0.39 is 24.4 Å². The van der Waals surface area contributed by atoms with Gasteiger partial charge in [0.25, 0.3) is 11.8 Å². The van der Waals surface area contributed by atoms with E-state index in [4.69, 9.17) is 13.9 Å². The fraction of sp³-hybridized carbons (Fsp3) is 0.150. The number of methoxy groups -OCH3 is 1. The normalized spacial score (nSPS) is 10.6. The zero-order chi connectivity index (χ0) is 19.2. The van der Waals surface area contributed by atoms with Crippen molar-refractivity contribution in [2.45, 2.75) is 6.61 Å². The number of esters is 1. The summed E-state index contributed by atoms with van der Waals surface area (Å²) in [5.41, 5.74) is 1.39. The van der Waals surface area contributed by atoms with Crippen LogP contribution in [0.3, 0.4) is 0 Å². The number of carbonyl (C=O) groups is 3. The molecular weight excluding hydrogens is 350 g/mol. The third-order valence-corrected chi connectivity index (χ3v) is 3.80. The van der Waals surface area contributed by atoms with Crippen molar-refractivity contribution in [2.75, 3.05) is 13.7 Å². The minimum Gasteiger partial charge on any atom is -0.450 e. The van der Waals surface area contributed by atoms with Gasteiger partial charge in [-0.2, -0.15) is 0 Å². The molecule has 0 radical (unpaired) electrons. The van der Waals surface area contributed by atoms with E-state index in [-0.39, 0.29) is 12.4 Å². The fourth-order valence-electron chi connectivity index (χ4n) is 2.57. The smallest absolute Gasteiger partial charge is 0.375 e. The van der Waals surface area contributed by atoms with Gasteiger partial charge < -0.3 is 13.9 Å². The minimum atomic E-state index is -0.805. The first-order chi connectivity index (χ1) is 13.1. The second kappa shape index (κ2) is 8.29. The number of carbonyl (C=O) groups excluding carboxylic acids is 3. The summed E-state index contributed by atoms with van der Waals surface area (Å²) in [6.07, 6.45) is 0. The van der Waals surface area contributed by atoms with Crippen LogP contribution in [0.5, 0.6) is 0 Å². The largest absolute Gasteiger partial charge is 0.450 e. The highest BCUT2D eigenvalue weighted by molar-refractivity contribution is 6.05. The molecule has 138 valence electrons. The van der Waals surface area contributed by atoms with Crippen LogP contribution >= 0.6 is 0 Å². The molecule has 0 saturated heterocycles. The Morgan fingerprint density at radius 3 is 2.44 bits per heavy atom. The highest BCUT2D eigenvalue weighted by Crippen LogP contribution is 2.27. The Kier molecular flexibility index (Phi) is 5.63. The molecule has 7 nitrogen and oxygen atoms in total. The second-order valence-corrected chi connectivity index (χ2v) is 5.66. The Labute approximate surface area is 154 Å². The van der Waals surface area contributed by atoms with E-state index in [0.29, 0.717) is 16.7 Å². The molecule has 1 heterocycles. The molecule has 0 saturated carbocycles. The summed E-state index contributed by atoms with van der Waals surface area (Å²) < 4.78 is 15.7. The number of furan rings is 1. The Morgan fingerprint density at radius 2 is 1.70 bits per heavy atom. The van der Waals surface area contributed by atoms with Gasteiger partial charge in [-0.05, 0) is 18.2 Å². The Bertz CT molecular complexity index is 977. The highest BCUT2D eigenvalue weighted by Gasteiger charge is 2.22. The first-order valence-corrected chi connectivity index (χ1v) is 8.16. The number of fused-ring (bicyclic) bond motifs is 1. The minimum absolute atomic E-state index is 0.0276. The fourth-order valence-corrected chi connectivity index (χ4v) is 2.57. The lowest BCUT2D eigenvalue weighted by molar-refractivity contribution is -0.123. The van der Waals surface area contributed by atoms with Crippen molar-refractivity contribution in [1.29, 1.82) is 0 Å². The number of nitrogens with one attached hydrogen (secondary N) is 1. The van der Waals surface area contributed by atoms with Crippen LogP contribution in [0.15, 0.2) is 59.0 Å². The van der Waals surface area contributed by atoms with Crippen LogP contribution < -0.4 is 5.32 Å². The number of ether oxygens (including phenoxy) is 2. The molecule has 0 spiro atoms. The number of amides is 2. The van der Waals surface area contributed by atoms with Gasteiger partial charge >= 0.3 is 5.97 Å². The Hall–Kier alpha value is -3.45. The molecule has 3 aromatic rings. The number of benzene rings is 2. The molecule has 0 aliphatic rings. The average Bonchev–Trinajstić information content (AvgIpc) is 3.06. The second-order valence-electron chi connectivity index (χ2n) is 5.66. The summed E-state index contributed by atoms with van der Waals surface area (Å²) in [5.74, 6) is -2.14. The van der Waals surface area contributed by atoms with Gasteiger partial charge in [0.1, 0.15) is 5.58 Å². The van der Waals surface area contributed by atoms with E-state index in [1.54, 1.807) is 48.5 Å². The SMILES string of the molecule is COCc1c(C(=O)OCC(=O)NC(=O)c2ccccc2)oc2ccccc12. The predicted molar refractivity (Wildman–Crippen MR) is 96.1 cm³/mol. The lowest BCUT2D eigenvalue weighted by Crippen LogP contribution is -2.34. The number of hydrogen-bond acceptors (Lipinski definition) is 6. The van der Waals surface area contributed by atoms with Crippen LogP contribution in [-0.2, 0) is 20.9 Å². The number of para-hydroxylation sites is 1. The lowest BCUT2D eigenvalue weighted by atomic mass is 10.1. The van der Waals surface area contributed by atoms with Gasteiger partial charge in [0.2, 0.25) is 5.76 Å². The summed E-state index contributed by atoms with van der Waals surface area (Å²) in [5, 5.41) is 2.89. The van der Waals surface area contributed by atoms with Gasteiger partial charge in [-0.15, -0.1) is 0 Å². The molecule has 0 aliphatic carbocycles. The van der Waals surface area contributed by atoms with Crippen LogP contribution in [0, 0.1) is 0 Å². The monoisotopic (exact) mass is 367 g/mol. The molecule has 2 amide bonds. The van der Waals surface area contributed by atoms with Crippen molar-refractivity contribution in [3.8, 4) is 0 Å². The zero-order valence-electron chi connectivity index (χ0n) is 14.6. The molecule has 27 heavy (non-hydrogen) atoms. The maximum atomic E-state index is 12.3. The Morgan fingerprint density at radius 1 is 1.00 bits per heavy atom. The van der Waals surface area contributed by atoms with E-state index in [1.165, 1.54) is 7.11 Å². The van der Waals surface area contributed by atoms with E-state index >= 15 is 0 Å². The molecule has 0 fully saturated rings. The van der Waals surface area contributed by atoms with Gasteiger partial charge in [0, 0.05) is 23.6 Å². The first kappa shape index (κ1) is 18.3. The van der Waals surface area contributed by atoms with Crippen LogP contribution in [0.2, 0.25) is 0 Å². The van der Waals surface area contributed by atoms with E-state index in [2.05, 4.69) is 5.32 Å². The first-order valence-electron chi connectivity index (χ1n) is 8.16. The maximum absolute atomic E-state index is 12.3. The van der Waals surface area contributed by atoms with E-state index in [0.717, 1.165) is 5.39 Å². The van der Waals surface area contributed by atoms with Crippen molar-refractivity contribution < 1.29 is 28.3 Å². The molecule has 0 aliphatic heterocycles. The number of imide groups is 1. The molecule has 2 aromatic carbocycles. The van der Waals surface area contributed by atoms with Crippen molar-refractivity contribution >= 4 is 28.8 Å². The molecule has 7 heteroatoms. The van der Waals surface area contributed by atoms with Gasteiger partial charge in [-0.3, -0.25) is 14.9 Å². The molecule has 0 unspecified atom stereocenters. The number of hydrogen-bond donors (Lipinski definition) is 1. The van der Waals surface area contributed by atoms with Gasteiger partial charge in [-0.25, -0.2) is 4.79 Å². The third kappa shape index (κ3) is 4.21.